The van der Waals surface area contributed by atoms with Gasteiger partial charge in [-0.1, -0.05) is 26.0 Å². The predicted octanol–water partition coefficient (Wildman–Crippen LogP) is 3.40. The fraction of sp³-hybridized carbons (Fsp3) is 0.308. The number of rotatable bonds is 3. The molecule has 0 saturated carbocycles. The molecule has 3 nitrogen and oxygen atoms in total. The molecular weight excluding hydrogens is 278 g/mol. The van der Waals surface area contributed by atoms with Crippen LogP contribution in [0.2, 0.25) is 0 Å². The lowest BCUT2D eigenvalue weighted by atomic mass is 10.1. The zero-order chi connectivity index (χ0) is 12.4. The SMILES string of the molecule is CC(C)c1nccn1Cc1cccc(N)c1Br. The van der Waals surface area contributed by atoms with Crippen LogP contribution in [0.4, 0.5) is 5.69 Å². The number of nitrogen functional groups attached to an aromatic ring is 1. The van der Waals surface area contributed by atoms with Crippen molar-refractivity contribution in [1.82, 2.24) is 9.55 Å². The summed E-state index contributed by atoms with van der Waals surface area (Å²) in [5.41, 5.74) is 7.82. The summed E-state index contributed by atoms with van der Waals surface area (Å²) in [6, 6.07) is 5.94. The molecule has 0 unspecified atom stereocenters. The van der Waals surface area contributed by atoms with Crippen LogP contribution in [0.3, 0.4) is 0 Å². The van der Waals surface area contributed by atoms with Crippen LogP contribution in [0.25, 0.3) is 0 Å². The zero-order valence-electron chi connectivity index (χ0n) is 10.0. The van der Waals surface area contributed by atoms with Crippen LogP contribution < -0.4 is 5.73 Å². The maximum absolute atomic E-state index is 5.88. The fourth-order valence-electron chi connectivity index (χ4n) is 1.86. The van der Waals surface area contributed by atoms with E-state index >= 15 is 0 Å². The summed E-state index contributed by atoms with van der Waals surface area (Å²) in [7, 11) is 0. The smallest absolute Gasteiger partial charge is 0.111 e. The first-order valence-electron chi connectivity index (χ1n) is 5.63. The minimum atomic E-state index is 0.421. The van der Waals surface area contributed by atoms with Gasteiger partial charge in [0.2, 0.25) is 0 Å². The van der Waals surface area contributed by atoms with E-state index < -0.39 is 0 Å². The molecule has 90 valence electrons. The Labute approximate surface area is 110 Å². The Morgan fingerprint density at radius 1 is 1.41 bits per heavy atom. The summed E-state index contributed by atoms with van der Waals surface area (Å²) < 4.78 is 3.13. The maximum atomic E-state index is 5.88. The predicted molar refractivity (Wildman–Crippen MR) is 74.0 cm³/mol. The molecule has 0 saturated heterocycles. The van der Waals surface area contributed by atoms with Gasteiger partial charge >= 0.3 is 0 Å². The van der Waals surface area contributed by atoms with Crippen molar-refractivity contribution in [1.29, 1.82) is 0 Å². The van der Waals surface area contributed by atoms with E-state index in [-0.39, 0.29) is 0 Å². The first kappa shape index (κ1) is 12.2. The second-order valence-electron chi connectivity index (χ2n) is 4.39. The van der Waals surface area contributed by atoms with Gasteiger partial charge in [0.1, 0.15) is 5.82 Å². The average molecular weight is 294 g/mol. The number of nitrogens with zero attached hydrogens (tertiary/aromatic N) is 2. The molecule has 2 aromatic rings. The van der Waals surface area contributed by atoms with Gasteiger partial charge in [0.05, 0.1) is 0 Å². The Kier molecular flexibility index (Phi) is 3.52. The van der Waals surface area contributed by atoms with Gasteiger partial charge in [-0.25, -0.2) is 4.98 Å². The van der Waals surface area contributed by atoms with E-state index in [1.165, 1.54) is 5.56 Å². The first-order valence-corrected chi connectivity index (χ1v) is 6.42. The molecule has 1 aromatic carbocycles. The fourth-order valence-corrected chi connectivity index (χ4v) is 2.25. The second kappa shape index (κ2) is 4.92. The van der Waals surface area contributed by atoms with Gasteiger partial charge in [0.15, 0.2) is 0 Å². The van der Waals surface area contributed by atoms with Crippen molar-refractivity contribution in [3.63, 3.8) is 0 Å². The highest BCUT2D eigenvalue weighted by Gasteiger charge is 2.09. The molecule has 0 bridgehead atoms. The molecule has 2 rings (SSSR count). The van der Waals surface area contributed by atoms with Gasteiger partial charge in [-0.15, -0.1) is 0 Å². The van der Waals surface area contributed by atoms with E-state index in [0.717, 1.165) is 22.5 Å². The Hall–Kier alpha value is -1.29. The normalized spacial score (nSPS) is 11.1. The van der Waals surface area contributed by atoms with Crippen LogP contribution in [-0.2, 0) is 6.54 Å². The number of aromatic nitrogens is 2. The summed E-state index contributed by atoms with van der Waals surface area (Å²) in [6.07, 6.45) is 3.85. The minimum Gasteiger partial charge on any atom is -0.398 e. The Balaban J connectivity index is 2.32. The number of hydrogen-bond acceptors (Lipinski definition) is 2. The summed E-state index contributed by atoms with van der Waals surface area (Å²) in [5.74, 6) is 1.52. The van der Waals surface area contributed by atoms with Gasteiger partial charge in [-0.2, -0.15) is 0 Å². The minimum absolute atomic E-state index is 0.421. The number of imidazole rings is 1. The van der Waals surface area contributed by atoms with Crippen LogP contribution in [0.1, 0.15) is 31.2 Å². The number of nitrogens with two attached hydrogens (primary N) is 1. The number of benzene rings is 1. The Morgan fingerprint density at radius 3 is 2.88 bits per heavy atom. The van der Waals surface area contributed by atoms with Crippen LogP contribution in [0.5, 0.6) is 0 Å². The molecule has 0 aliphatic carbocycles. The van der Waals surface area contributed by atoms with Crippen LogP contribution in [0, 0.1) is 0 Å². The third-order valence-electron chi connectivity index (χ3n) is 2.71. The van der Waals surface area contributed by atoms with Crippen LogP contribution in [-0.4, -0.2) is 9.55 Å². The summed E-state index contributed by atoms with van der Waals surface area (Å²) in [6.45, 7) is 5.08. The molecule has 0 aliphatic heterocycles. The average Bonchev–Trinajstić information content (AvgIpc) is 2.73. The number of hydrogen-bond donors (Lipinski definition) is 1. The molecule has 1 heterocycles. The lowest BCUT2D eigenvalue weighted by Gasteiger charge is -2.12. The molecule has 0 fully saturated rings. The quantitative estimate of drug-likeness (QED) is 0.882. The number of halogens is 1. The lowest BCUT2D eigenvalue weighted by molar-refractivity contribution is 0.669. The van der Waals surface area contributed by atoms with E-state index in [1.807, 2.05) is 24.5 Å². The number of anilines is 1. The zero-order valence-corrected chi connectivity index (χ0v) is 11.6. The molecule has 4 heteroatoms. The molecule has 0 aliphatic rings. The Bertz CT molecular complexity index is 517. The molecule has 2 N–H and O–H groups in total. The second-order valence-corrected chi connectivity index (χ2v) is 5.18. The molecule has 0 spiro atoms. The van der Waals surface area contributed by atoms with Gasteiger partial charge in [0.25, 0.3) is 0 Å². The molecule has 1 aromatic heterocycles. The summed E-state index contributed by atoms with van der Waals surface area (Å²) in [5, 5.41) is 0. The van der Waals surface area contributed by atoms with Crippen molar-refractivity contribution in [3.8, 4) is 0 Å². The van der Waals surface area contributed by atoms with E-state index in [1.54, 1.807) is 0 Å². The maximum Gasteiger partial charge on any atom is 0.111 e. The third-order valence-corrected chi connectivity index (χ3v) is 3.68. The molecule has 0 amide bonds. The summed E-state index contributed by atoms with van der Waals surface area (Å²) in [4.78, 5) is 4.38. The molecule has 0 atom stereocenters. The van der Waals surface area contributed by atoms with Gasteiger partial charge in [-0.05, 0) is 27.6 Å². The van der Waals surface area contributed by atoms with Crippen LogP contribution >= 0.6 is 15.9 Å². The topological polar surface area (TPSA) is 43.8 Å². The van der Waals surface area contributed by atoms with Crippen molar-refractivity contribution >= 4 is 21.6 Å². The van der Waals surface area contributed by atoms with Crippen molar-refractivity contribution in [2.24, 2.45) is 0 Å². The van der Waals surface area contributed by atoms with Gasteiger partial charge < -0.3 is 10.3 Å². The van der Waals surface area contributed by atoms with Gasteiger partial charge in [0, 0.05) is 35.0 Å². The standard InChI is InChI=1S/C13H16BrN3/c1-9(2)13-16-6-7-17(13)8-10-4-3-5-11(15)12(10)14/h3-7,9H,8,15H2,1-2H3. The van der Waals surface area contributed by atoms with Crippen molar-refractivity contribution in [2.45, 2.75) is 26.3 Å². The third kappa shape index (κ3) is 2.52. The monoisotopic (exact) mass is 293 g/mol. The molecular formula is C13H16BrN3. The highest BCUT2D eigenvalue weighted by atomic mass is 79.9. The van der Waals surface area contributed by atoms with E-state index in [0.29, 0.717) is 5.92 Å². The van der Waals surface area contributed by atoms with Crippen molar-refractivity contribution < 1.29 is 0 Å². The highest BCUT2D eigenvalue weighted by molar-refractivity contribution is 9.10. The van der Waals surface area contributed by atoms with E-state index in [2.05, 4.69) is 45.4 Å². The van der Waals surface area contributed by atoms with Crippen molar-refractivity contribution in [2.75, 3.05) is 5.73 Å². The summed E-state index contributed by atoms with van der Waals surface area (Å²) >= 11 is 3.53. The van der Waals surface area contributed by atoms with Gasteiger partial charge in [-0.3, -0.25) is 0 Å². The lowest BCUT2D eigenvalue weighted by Crippen LogP contribution is -2.06. The molecule has 0 radical (unpaired) electrons. The van der Waals surface area contributed by atoms with Crippen LogP contribution in [0.15, 0.2) is 35.1 Å². The molecule has 17 heavy (non-hydrogen) atoms. The Morgan fingerprint density at radius 2 is 2.18 bits per heavy atom. The van der Waals surface area contributed by atoms with Crippen molar-refractivity contribution in [3.05, 3.63) is 46.5 Å². The first-order chi connectivity index (χ1) is 8.09. The largest absolute Gasteiger partial charge is 0.398 e. The van der Waals surface area contributed by atoms with E-state index in [9.17, 15) is 0 Å². The highest BCUT2D eigenvalue weighted by Crippen LogP contribution is 2.25. The van der Waals surface area contributed by atoms with E-state index in [4.69, 9.17) is 5.73 Å².